The zero-order chi connectivity index (χ0) is 17.3. The van der Waals surface area contributed by atoms with Gasteiger partial charge in [-0.25, -0.2) is 4.90 Å². The maximum Gasteiger partial charge on any atom is 0.298 e. The summed E-state index contributed by atoms with van der Waals surface area (Å²) >= 11 is 12.8. The first-order valence-corrected chi connectivity index (χ1v) is 8.44. The summed E-state index contributed by atoms with van der Waals surface area (Å²) in [6.45, 7) is 0. The molecule has 1 heterocycles. The normalized spacial score (nSPS) is 16.1. The fourth-order valence-corrected chi connectivity index (χ4v) is 3.54. The molecule has 0 bridgehead atoms. The third-order valence-corrected chi connectivity index (χ3v) is 4.80. The third kappa shape index (κ3) is 3.15. The number of benzene rings is 2. The van der Waals surface area contributed by atoms with E-state index in [9.17, 15) is 9.59 Å². The number of halogens is 2. The van der Waals surface area contributed by atoms with Crippen LogP contribution in [0.25, 0.3) is 6.08 Å². The van der Waals surface area contributed by atoms with E-state index in [-0.39, 0.29) is 10.1 Å². The molecule has 4 nitrogen and oxygen atoms in total. The molecule has 2 aromatic carbocycles. The van der Waals surface area contributed by atoms with Crippen LogP contribution in [0.1, 0.15) is 5.56 Å². The predicted molar refractivity (Wildman–Crippen MR) is 97.9 cm³/mol. The number of hydrogen-bond acceptors (Lipinski definition) is 4. The van der Waals surface area contributed by atoms with E-state index in [1.807, 2.05) is 0 Å². The molecule has 0 N–H and O–H groups in total. The molecular weight excluding hydrogens is 369 g/mol. The number of hydrogen-bond donors (Lipinski definition) is 0. The summed E-state index contributed by atoms with van der Waals surface area (Å²) in [6.07, 6.45) is 1.58. The van der Waals surface area contributed by atoms with Gasteiger partial charge in [0.1, 0.15) is 5.75 Å². The van der Waals surface area contributed by atoms with Crippen LogP contribution in [-0.2, 0) is 4.79 Å². The number of anilines is 1. The van der Waals surface area contributed by atoms with Crippen LogP contribution in [0, 0.1) is 0 Å². The van der Waals surface area contributed by atoms with Gasteiger partial charge in [-0.05, 0) is 47.7 Å². The highest BCUT2D eigenvalue weighted by atomic mass is 35.5. The summed E-state index contributed by atoms with van der Waals surface area (Å²) in [4.78, 5) is 26.4. The number of methoxy groups -OCH3 is 1. The molecule has 0 aliphatic carbocycles. The summed E-state index contributed by atoms with van der Waals surface area (Å²) < 4.78 is 5.23. The second-order valence-electron chi connectivity index (χ2n) is 4.85. The standard InChI is InChI=1S/C17H11Cl2NO3S/c1-23-14-5-3-2-4-13(14)20-16(21)15(24-17(20)22)8-10-6-7-11(18)9-12(10)19/h2-9H,1H3/b15-8+. The largest absolute Gasteiger partial charge is 0.495 e. The first-order valence-electron chi connectivity index (χ1n) is 6.87. The Morgan fingerprint density at radius 2 is 1.88 bits per heavy atom. The molecule has 1 aliphatic heterocycles. The van der Waals surface area contributed by atoms with Gasteiger partial charge in [0.15, 0.2) is 0 Å². The maximum absolute atomic E-state index is 12.7. The van der Waals surface area contributed by atoms with Crippen LogP contribution in [0.4, 0.5) is 10.5 Å². The van der Waals surface area contributed by atoms with E-state index in [0.29, 0.717) is 27.0 Å². The molecule has 2 aromatic rings. The molecule has 0 atom stereocenters. The first-order chi connectivity index (χ1) is 11.5. The smallest absolute Gasteiger partial charge is 0.298 e. The molecule has 1 fully saturated rings. The van der Waals surface area contributed by atoms with Gasteiger partial charge in [0.25, 0.3) is 11.1 Å². The summed E-state index contributed by atoms with van der Waals surface area (Å²) in [5.41, 5.74) is 1.03. The number of imide groups is 1. The van der Waals surface area contributed by atoms with E-state index in [1.54, 1.807) is 48.5 Å². The number of nitrogens with zero attached hydrogens (tertiary/aromatic N) is 1. The zero-order valence-electron chi connectivity index (χ0n) is 12.5. The van der Waals surface area contributed by atoms with Crippen LogP contribution in [-0.4, -0.2) is 18.3 Å². The lowest BCUT2D eigenvalue weighted by molar-refractivity contribution is -0.113. The van der Waals surface area contributed by atoms with Crippen LogP contribution in [0.15, 0.2) is 47.4 Å². The van der Waals surface area contributed by atoms with Crippen molar-refractivity contribution in [3.05, 3.63) is 63.0 Å². The monoisotopic (exact) mass is 379 g/mol. The van der Waals surface area contributed by atoms with Crippen LogP contribution in [0.2, 0.25) is 10.0 Å². The van der Waals surface area contributed by atoms with Crippen molar-refractivity contribution in [2.24, 2.45) is 0 Å². The first kappa shape index (κ1) is 16.9. The molecule has 7 heteroatoms. The fourth-order valence-electron chi connectivity index (χ4n) is 2.25. The van der Waals surface area contributed by atoms with Gasteiger partial charge in [0.2, 0.25) is 0 Å². The second kappa shape index (κ2) is 6.89. The molecule has 122 valence electrons. The maximum atomic E-state index is 12.7. The molecule has 0 aromatic heterocycles. The number of amides is 2. The van der Waals surface area contributed by atoms with E-state index in [1.165, 1.54) is 7.11 Å². The van der Waals surface area contributed by atoms with Crippen molar-refractivity contribution in [1.29, 1.82) is 0 Å². The number of carbonyl (C=O) groups is 2. The lowest BCUT2D eigenvalue weighted by Crippen LogP contribution is -2.28. The van der Waals surface area contributed by atoms with Gasteiger partial charge >= 0.3 is 0 Å². The number of thioether (sulfide) groups is 1. The van der Waals surface area contributed by atoms with Crippen molar-refractivity contribution in [2.45, 2.75) is 0 Å². The third-order valence-electron chi connectivity index (χ3n) is 3.37. The van der Waals surface area contributed by atoms with Gasteiger partial charge in [-0.2, -0.15) is 0 Å². The quantitative estimate of drug-likeness (QED) is 0.683. The van der Waals surface area contributed by atoms with E-state index in [0.717, 1.165) is 16.7 Å². The van der Waals surface area contributed by atoms with Gasteiger partial charge < -0.3 is 4.74 Å². The minimum atomic E-state index is -0.416. The molecule has 24 heavy (non-hydrogen) atoms. The van der Waals surface area contributed by atoms with Crippen LogP contribution in [0.5, 0.6) is 5.75 Å². The molecule has 1 aliphatic rings. The summed E-state index contributed by atoms with van der Waals surface area (Å²) in [7, 11) is 1.49. The Morgan fingerprint density at radius 1 is 1.12 bits per heavy atom. The Labute approximate surface area is 153 Å². The second-order valence-corrected chi connectivity index (χ2v) is 6.69. The Hall–Kier alpha value is -1.95. The van der Waals surface area contributed by atoms with Crippen LogP contribution in [0.3, 0.4) is 0 Å². The Bertz CT molecular complexity index is 867. The number of carbonyl (C=O) groups excluding carboxylic acids is 2. The van der Waals surface area contributed by atoms with Crippen molar-refractivity contribution < 1.29 is 14.3 Å². The van der Waals surface area contributed by atoms with Crippen LogP contribution >= 0.6 is 35.0 Å². The van der Waals surface area contributed by atoms with E-state index >= 15 is 0 Å². The minimum absolute atomic E-state index is 0.287. The molecule has 0 spiro atoms. The molecular formula is C17H11Cl2NO3S. The van der Waals surface area contributed by atoms with Crippen molar-refractivity contribution >= 4 is 57.9 Å². The minimum Gasteiger partial charge on any atom is -0.495 e. The Kier molecular flexibility index (Phi) is 4.85. The summed E-state index contributed by atoms with van der Waals surface area (Å²) in [5, 5.41) is 0.520. The molecule has 0 radical (unpaired) electrons. The van der Waals surface area contributed by atoms with E-state index in [2.05, 4.69) is 0 Å². The van der Waals surface area contributed by atoms with E-state index in [4.69, 9.17) is 27.9 Å². The topological polar surface area (TPSA) is 46.6 Å². The average molecular weight is 380 g/mol. The lowest BCUT2D eigenvalue weighted by Gasteiger charge is -2.15. The van der Waals surface area contributed by atoms with Gasteiger partial charge in [0, 0.05) is 10.0 Å². The van der Waals surface area contributed by atoms with Crippen LogP contribution < -0.4 is 9.64 Å². The van der Waals surface area contributed by atoms with Crippen molar-refractivity contribution in [1.82, 2.24) is 0 Å². The molecule has 1 saturated heterocycles. The van der Waals surface area contributed by atoms with Gasteiger partial charge in [0.05, 0.1) is 17.7 Å². The molecule has 3 rings (SSSR count). The molecule has 0 saturated carbocycles. The average Bonchev–Trinajstić information content (AvgIpc) is 2.84. The summed E-state index contributed by atoms with van der Waals surface area (Å²) in [5.74, 6) is 0.0334. The van der Waals surface area contributed by atoms with Gasteiger partial charge in [-0.15, -0.1) is 0 Å². The number of para-hydroxylation sites is 2. The number of rotatable bonds is 3. The molecule has 0 unspecified atom stereocenters. The Morgan fingerprint density at radius 3 is 2.58 bits per heavy atom. The summed E-state index contributed by atoms with van der Waals surface area (Å²) in [6, 6.07) is 11.8. The highest BCUT2D eigenvalue weighted by Gasteiger charge is 2.37. The fraction of sp³-hybridized carbons (Fsp3) is 0.0588. The van der Waals surface area contributed by atoms with Crippen molar-refractivity contribution in [3.63, 3.8) is 0 Å². The Balaban J connectivity index is 1.99. The van der Waals surface area contributed by atoms with E-state index < -0.39 is 5.91 Å². The SMILES string of the molecule is COc1ccccc1N1C(=O)S/C(=C/c2ccc(Cl)cc2Cl)C1=O. The van der Waals surface area contributed by atoms with Gasteiger partial charge in [-0.1, -0.05) is 41.4 Å². The lowest BCUT2D eigenvalue weighted by atomic mass is 10.2. The highest BCUT2D eigenvalue weighted by molar-refractivity contribution is 8.19. The molecule has 2 amide bonds. The van der Waals surface area contributed by atoms with Gasteiger partial charge in [-0.3, -0.25) is 9.59 Å². The highest BCUT2D eigenvalue weighted by Crippen LogP contribution is 2.40. The van der Waals surface area contributed by atoms with Crippen molar-refractivity contribution in [2.75, 3.05) is 12.0 Å². The predicted octanol–water partition coefficient (Wildman–Crippen LogP) is 5.24. The van der Waals surface area contributed by atoms with Crippen molar-refractivity contribution in [3.8, 4) is 5.75 Å². The zero-order valence-corrected chi connectivity index (χ0v) is 14.8. The number of ether oxygens (including phenoxy) is 1.